The third kappa shape index (κ3) is 3.25. The molecule has 2 heterocycles. The van der Waals surface area contributed by atoms with Crippen LogP contribution in [0.4, 0.5) is 27.8 Å². The fraction of sp³-hybridized carbons (Fsp3) is 0.368. The van der Waals surface area contributed by atoms with Crippen LogP contribution in [0.5, 0.6) is 0 Å². The van der Waals surface area contributed by atoms with Crippen LogP contribution in [0.3, 0.4) is 0 Å². The van der Waals surface area contributed by atoms with Crippen LogP contribution in [0.25, 0.3) is 0 Å². The van der Waals surface area contributed by atoms with Gasteiger partial charge in [-0.1, -0.05) is 0 Å². The van der Waals surface area contributed by atoms with Gasteiger partial charge in [0.25, 0.3) is 0 Å². The van der Waals surface area contributed by atoms with Gasteiger partial charge in [0.05, 0.1) is 40.3 Å². The second kappa shape index (κ2) is 7.12. The van der Waals surface area contributed by atoms with E-state index in [1.807, 2.05) is 5.32 Å². The normalized spacial score (nSPS) is 29.2. The Labute approximate surface area is 171 Å². The van der Waals surface area contributed by atoms with Gasteiger partial charge in [0.15, 0.2) is 5.82 Å². The molecule has 0 aromatic heterocycles. The van der Waals surface area contributed by atoms with Gasteiger partial charge in [-0.15, -0.1) is 0 Å². The molecule has 0 saturated carbocycles. The fourth-order valence-corrected chi connectivity index (χ4v) is 4.22. The van der Waals surface area contributed by atoms with Gasteiger partial charge in [-0.25, -0.2) is 14.1 Å². The van der Waals surface area contributed by atoms with Crippen molar-refractivity contribution in [2.75, 3.05) is 5.32 Å². The summed E-state index contributed by atoms with van der Waals surface area (Å²) in [6, 6.07) is 2.64. The van der Waals surface area contributed by atoms with Crippen LogP contribution in [0.15, 0.2) is 23.8 Å². The number of nitriles is 1. The first-order chi connectivity index (χ1) is 14.3. The maximum Gasteiger partial charge on any atom is 0.420 e. The van der Waals surface area contributed by atoms with Gasteiger partial charge >= 0.3 is 12.1 Å². The zero-order valence-electron chi connectivity index (χ0n) is 15.8. The Hall–Kier alpha value is -3.33. The van der Waals surface area contributed by atoms with Gasteiger partial charge in [-0.05, 0) is 32.1 Å². The molecule has 12 heteroatoms. The van der Waals surface area contributed by atoms with Crippen molar-refractivity contribution in [2.45, 2.75) is 31.2 Å². The molecule has 4 atom stereocenters. The molecule has 3 rings (SSSR count). The second-order valence-corrected chi connectivity index (χ2v) is 7.40. The van der Waals surface area contributed by atoms with Crippen molar-refractivity contribution >= 4 is 23.9 Å². The van der Waals surface area contributed by atoms with E-state index in [1.54, 1.807) is 0 Å². The fourth-order valence-electron chi connectivity index (χ4n) is 4.22. The summed E-state index contributed by atoms with van der Waals surface area (Å²) in [5.74, 6) is -7.29. The zero-order valence-corrected chi connectivity index (χ0v) is 15.8. The zero-order chi connectivity index (χ0) is 23.4. The van der Waals surface area contributed by atoms with Crippen molar-refractivity contribution < 1.29 is 46.1 Å². The van der Waals surface area contributed by atoms with E-state index in [0.29, 0.717) is 12.4 Å². The van der Waals surface area contributed by atoms with Gasteiger partial charge in [-0.3, -0.25) is 4.79 Å². The lowest BCUT2D eigenvalue weighted by atomic mass is 9.68. The van der Waals surface area contributed by atoms with Gasteiger partial charge < -0.3 is 14.8 Å². The van der Waals surface area contributed by atoms with Crippen LogP contribution in [-0.4, -0.2) is 29.4 Å². The Morgan fingerprint density at radius 1 is 1.32 bits per heavy atom. The van der Waals surface area contributed by atoms with Crippen LogP contribution < -0.4 is 5.32 Å². The monoisotopic (exact) mass is 444 g/mol. The van der Waals surface area contributed by atoms with Crippen molar-refractivity contribution in [1.82, 2.24) is 0 Å². The standard InChI is InChI=1S/C19H13F5N2O5/c1-17-5-9(16(29)30-24)18(2,31-17)13(10(17)7-27)15(28)26-11-4-3-8(6-25)12(14(11)20)19(21,22)23/h3-5,7,10,13H,1-2H3,(H,26,28). The highest BCUT2D eigenvalue weighted by Crippen LogP contribution is 2.56. The average Bonchev–Trinajstić information content (AvgIpc) is 3.10. The summed E-state index contributed by atoms with van der Waals surface area (Å²) in [6.07, 6.45) is -3.75. The minimum atomic E-state index is -5.23. The van der Waals surface area contributed by atoms with Crippen LogP contribution in [0.2, 0.25) is 0 Å². The minimum Gasteiger partial charge on any atom is -0.358 e. The van der Waals surface area contributed by atoms with E-state index in [9.17, 15) is 36.5 Å². The van der Waals surface area contributed by atoms with Crippen molar-refractivity contribution in [1.29, 1.82) is 5.26 Å². The summed E-state index contributed by atoms with van der Waals surface area (Å²) in [7, 11) is 0. The van der Waals surface area contributed by atoms with E-state index in [1.165, 1.54) is 19.9 Å². The number of halogens is 5. The van der Waals surface area contributed by atoms with E-state index in [2.05, 4.69) is 4.94 Å². The van der Waals surface area contributed by atoms with Crippen LogP contribution in [-0.2, 0) is 30.2 Å². The lowest BCUT2D eigenvalue weighted by molar-refractivity contribution is -0.180. The SMILES string of the molecule is CC12C=C(C(=O)OF)C(C)(O1)C(C(=O)Nc1ccc(C#N)c(C(F)(F)F)c1F)C2C=O. The third-order valence-corrected chi connectivity index (χ3v) is 5.53. The van der Waals surface area contributed by atoms with Crippen molar-refractivity contribution in [2.24, 2.45) is 11.8 Å². The van der Waals surface area contributed by atoms with Gasteiger partial charge in [0.2, 0.25) is 5.91 Å². The van der Waals surface area contributed by atoms with Crippen LogP contribution >= 0.6 is 0 Å². The lowest BCUT2D eigenvalue weighted by Gasteiger charge is -2.31. The summed E-state index contributed by atoms with van der Waals surface area (Å²) in [4.78, 5) is 39.5. The molecule has 2 bridgehead atoms. The minimum absolute atomic E-state index is 0.347. The highest BCUT2D eigenvalue weighted by molar-refractivity contribution is 6.01. The Bertz CT molecular complexity index is 1060. The summed E-state index contributed by atoms with van der Waals surface area (Å²) in [6.45, 7) is 2.55. The third-order valence-electron chi connectivity index (χ3n) is 5.53. The summed E-state index contributed by atoms with van der Waals surface area (Å²) in [5, 5.41) is 10.8. The van der Waals surface area contributed by atoms with Gasteiger partial charge in [-0.2, -0.15) is 18.4 Å². The molecule has 2 aliphatic heterocycles. The molecular formula is C19H13F5N2O5. The lowest BCUT2D eigenvalue weighted by Crippen LogP contribution is -2.47. The summed E-state index contributed by atoms with van der Waals surface area (Å²) < 4.78 is 72.2. The number of alkyl halides is 3. The first-order valence-corrected chi connectivity index (χ1v) is 8.66. The number of benzene rings is 1. The Balaban J connectivity index is 2.03. The average molecular weight is 444 g/mol. The Morgan fingerprint density at radius 3 is 2.48 bits per heavy atom. The molecule has 7 nitrogen and oxygen atoms in total. The summed E-state index contributed by atoms with van der Waals surface area (Å²) in [5.41, 5.74) is -7.56. The summed E-state index contributed by atoms with van der Waals surface area (Å²) >= 11 is 0. The first kappa shape index (κ1) is 22.4. The van der Waals surface area contributed by atoms with E-state index >= 15 is 0 Å². The van der Waals surface area contributed by atoms with E-state index in [-0.39, 0.29) is 0 Å². The molecule has 1 aromatic rings. The topological polar surface area (TPSA) is 105 Å². The predicted octanol–water partition coefficient (Wildman–Crippen LogP) is 3.00. The quantitative estimate of drug-likeness (QED) is 0.566. The van der Waals surface area contributed by atoms with Gasteiger partial charge in [0.1, 0.15) is 17.5 Å². The molecule has 31 heavy (non-hydrogen) atoms. The molecule has 0 radical (unpaired) electrons. The second-order valence-electron chi connectivity index (χ2n) is 7.40. The molecular weight excluding hydrogens is 431 g/mol. The number of hydrogen-bond acceptors (Lipinski definition) is 6. The van der Waals surface area contributed by atoms with E-state index in [0.717, 1.165) is 12.1 Å². The number of carbonyl (C=O) groups excluding carboxylic acids is 3. The number of nitrogens with zero attached hydrogens (tertiary/aromatic N) is 1. The highest BCUT2D eigenvalue weighted by Gasteiger charge is 2.67. The molecule has 164 valence electrons. The number of nitrogens with one attached hydrogen (secondary N) is 1. The van der Waals surface area contributed by atoms with Crippen molar-refractivity contribution in [3.05, 3.63) is 40.7 Å². The number of amides is 1. The van der Waals surface area contributed by atoms with E-state index in [4.69, 9.17) is 10.00 Å². The molecule has 2 aliphatic rings. The van der Waals surface area contributed by atoms with Crippen LogP contribution in [0.1, 0.15) is 25.0 Å². The van der Waals surface area contributed by atoms with Gasteiger partial charge in [0, 0.05) is 4.53 Å². The number of ether oxygens (including phenoxy) is 1. The molecule has 1 amide bonds. The number of aldehydes is 1. The number of rotatable bonds is 4. The molecule has 4 unspecified atom stereocenters. The molecule has 0 spiro atoms. The molecule has 1 fully saturated rings. The maximum absolute atomic E-state index is 14.5. The first-order valence-electron chi connectivity index (χ1n) is 8.66. The van der Waals surface area contributed by atoms with E-state index < -0.39 is 69.3 Å². The predicted molar refractivity (Wildman–Crippen MR) is 91.0 cm³/mol. The maximum atomic E-state index is 14.5. The Kier molecular flexibility index (Phi) is 5.14. The number of carbonyl (C=O) groups is 3. The van der Waals surface area contributed by atoms with Crippen molar-refractivity contribution in [3.63, 3.8) is 0 Å². The Morgan fingerprint density at radius 2 is 1.97 bits per heavy atom. The largest absolute Gasteiger partial charge is 0.420 e. The van der Waals surface area contributed by atoms with Crippen molar-refractivity contribution in [3.8, 4) is 6.07 Å². The molecule has 1 N–H and O–H groups in total. The number of fused-ring (bicyclic) bond motifs is 2. The molecule has 1 saturated heterocycles. The van der Waals surface area contributed by atoms with Crippen LogP contribution in [0, 0.1) is 29.0 Å². The molecule has 0 aliphatic carbocycles. The number of hydrogen-bond donors (Lipinski definition) is 1. The number of anilines is 1. The smallest absolute Gasteiger partial charge is 0.358 e. The highest BCUT2D eigenvalue weighted by atomic mass is 19.4. The molecule has 1 aromatic carbocycles.